The smallest absolute Gasteiger partial charge is 0.334 e. The third kappa shape index (κ3) is 4.17. The fraction of sp³-hybridized carbons (Fsp3) is 0.409. The van der Waals surface area contributed by atoms with Gasteiger partial charge in [0.1, 0.15) is 5.82 Å². The molecule has 3 N–H and O–H groups in total. The van der Waals surface area contributed by atoms with Gasteiger partial charge < -0.3 is 10.1 Å². The van der Waals surface area contributed by atoms with Crippen LogP contribution in [0.25, 0.3) is 16.7 Å². The lowest BCUT2D eigenvalue weighted by Crippen LogP contribution is -2.61. The number of ether oxygens (including phenoxy) is 1. The van der Waals surface area contributed by atoms with E-state index < -0.39 is 39.4 Å². The first-order valence-electron chi connectivity index (χ1n) is 10.7. The molecule has 1 aliphatic rings. The van der Waals surface area contributed by atoms with Gasteiger partial charge in [0.15, 0.2) is 5.82 Å². The second-order valence-corrected chi connectivity index (χ2v) is 11.1. The molecule has 4 rings (SSSR count). The minimum atomic E-state index is -2.73. The summed E-state index contributed by atoms with van der Waals surface area (Å²) >= 11 is 0. The summed E-state index contributed by atoms with van der Waals surface area (Å²) in [6, 6.07) is 3.15. The molecule has 34 heavy (non-hydrogen) atoms. The van der Waals surface area contributed by atoms with E-state index in [4.69, 9.17) is 4.74 Å². The van der Waals surface area contributed by atoms with Crippen LogP contribution in [0, 0.1) is 11.6 Å². The molecule has 0 saturated carbocycles. The summed E-state index contributed by atoms with van der Waals surface area (Å²) in [5.41, 5.74) is -1.65. The summed E-state index contributed by atoms with van der Waals surface area (Å²) < 4.78 is 56.9. The van der Waals surface area contributed by atoms with Gasteiger partial charge in [0.25, 0.3) is 5.91 Å². The van der Waals surface area contributed by atoms with Crippen LogP contribution in [0.5, 0.6) is 5.88 Å². The molecule has 0 spiro atoms. The number of pyridine rings is 1. The van der Waals surface area contributed by atoms with E-state index in [2.05, 4.69) is 10.3 Å². The van der Waals surface area contributed by atoms with Crippen LogP contribution >= 0.6 is 10.6 Å². The van der Waals surface area contributed by atoms with E-state index in [9.17, 15) is 23.1 Å². The van der Waals surface area contributed by atoms with Crippen molar-refractivity contribution in [2.45, 2.75) is 39.3 Å². The molecule has 184 valence electrons. The summed E-state index contributed by atoms with van der Waals surface area (Å²) in [6.45, 7) is 7.13. The Bertz CT molecular complexity index is 1340. The van der Waals surface area contributed by atoms with E-state index in [0.717, 1.165) is 16.8 Å². The number of nitrogens with zero attached hydrogens (tertiary/aromatic N) is 3. The quantitative estimate of drug-likeness (QED) is 0.479. The topological polar surface area (TPSA) is 119 Å². The first-order chi connectivity index (χ1) is 15.9. The Balaban J connectivity index is 1.86. The van der Waals surface area contributed by atoms with Gasteiger partial charge in [0.2, 0.25) is 5.88 Å². The van der Waals surface area contributed by atoms with Crippen LogP contribution in [0.3, 0.4) is 0 Å². The highest BCUT2D eigenvalue weighted by Crippen LogP contribution is 2.53. The Hall–Kier alpha value is -2.96. The Morgan fingerprint density at radius 2 is 1.91 bits per heavy atom. The summed E-state index contributed by atoms with van der Waals surface area (Å²) in [5, 5.41) is 2.65. The average molecular weight is 497 g/mol. The molecule has 0 bridgehead atoms. The molecular formula is C22H26F2N4O5S. The van der Waals surface area contributed by atoms with Gasteiger partial charge in [0.05, 0.1) is 52.1 Å². The standard InChI is InChI=1S/C22H26F2N4O5S/c1-5-33-19-8-16(15(24)9-25-19)28-18-7-14(23)13(6-17(18)27(12(2)3)21(28)30)20(29)26-22(4)10-34(31,32)11-22/h6-9,12,31-32H,5,10-11H2,1-4H3,(H,26,29). The molecule has 1 aliphatic heterocycles. The van der Waals surface area contributed by atoms with Gasteiger partial charge in [-0.1, -0.05) is 0 Å². The van der Waals surface area contributed by atoms with Crippen molar-refractivity contribution in [1.29, 1.82) is 0 Å². The van der Waals surface area contributed by atoms with E-state index in [1.807, 2.05) is 0 Å². The zero-order valence-electron chi connectivity index (χ0n) is 19.1. The number of amides is 1. The van der Waals surface area contributed by atoms with Gasteiger partial charge in [0, 0.05) is 18.2 Å². The molecule has 1 amide bonds. The largest absolute Gasteiger partial charge is 0.478 e. The van der Waals surface area contributed by atoms with Crippen molar-refractivity contribution < 1.29 is 27.4 Å². The zero-order valence-corrected chi connectivity index (χ0v) is 19.9. The average Bonchev–Trinajstić information content (AvgIpc) is 2.98. The number of fused-ring (bicyclic) bond motifs is 1. The van der Waals surface area contributed by atoms with Gasteiger partial charge in [-0.05, 0) is 33.8 Å². The summed E-state index contributed by atoms with van der Waals surface area (Å²) in [5.74, 6) is -2.40. The van der Waals surface area contributed by atoms with Gasteiger partial charge in [-0.3, -0.25) is 23.0 Å². The Morgan fingerprint density at radius 1 is 1.24 bits per heavy atom. The highest BCUT2D eigenvalue weighted by Gasteiger charge is 2.46. The molecule has 0 atom stereocenters. The Morgan fingerprint density at radius 3 is 2.50 bits per heavy atom. The van der Waals surface area contributed by atoms with Crippen LogP contribution in [-0.4, -0.2) is 52.8 Å². The first-order valence-corrected chi connectivity index (χ1v) is 12.6. The predicted molar refractivity (Wildman–Crippen MR) is 125 cm³/mol. The monoisotopic (exact) mass is 496 g/mol. The van der Waals surface area contributed by atoms with Crippen LogP contribution in [0.15, 0.2) is 29.2 Å². The van der Waals surface area contributed by atoms with Crippen LogP contribution in [0.4, 0.5) is 8.78 Å². The maximum absolute atomic E-state index is 15.1. The minimum absolute atomic E-state index is 0.0217. The second-order valence-electron chi connectivity index (χ2n) is 8.92. The summed E-state index contributed by atoms with van der Waals surface area (Å²) in [7, 11) is -2.73. The number of aromatic nitrogens is 3. The number of hydrogen-bond acceptors (Lipinski definition) is 6. The van der Waals surface area contributed by atoms with Crippen molar-refractivity contribution in [2.75, 3.05) is 18.1 Å². The minimum Gasteiger partial charge on any atom is -0.478 e. The van der Waals surface area contributed by atoms with Gasteiger partial charge >= 0.3 is 5.69 Å². The van der Waals surface area contributed by atoms with Crippen molar-refractivity contribution in [2.24, 2.45) is 0 Å². The highest BCUT2D eigenvalue weighted by atomic mass is 32.3. The van der Waals surface area contributed by atoms with Crippen LogP contribution in [-0.2, 0) is 0 Å². The fourth-order valence-electron chi connectivity index (χ4n) is 4.34. The molecule has 1 aromatic carbocycles. The number of rotatable bonds is 6. The number of nitrogens with one attached hydrogen (secondary N) is 1. The lowest BCUT2D eigenvalue weighted by molar-refractivity contribution is 0.0910. The Labute approximate surface area is 195 Å². The highest BCUT2D eigenvalue weighted by molar-refractivity contribution is 8.25. The molecule has 9 nitrogen and oxygen atoms in total. The lowest BCUT2D eigenvalue weighted by Gasteiger charge is -2.54. The second kappa shape index (κ2) is 8.36. The number of carbonyl (C=O) groups is 1. The fourth-order valence-corrected chi connectivity index (χ4v) is 6.44. The SMILES string of the molecule is CCOc1cc(-n2c(=O)n(C(C)C)c3cc(C(=O)NC4(C)CS(O)(O)C4)c(F)cc32)c(F)cn1. The van der Waals surface area contributed by atoms with Crippen molar-refractivity contribution in [3.8, 4) is 11.6 Å². The number of benzene rings is 1. The van der Waals surface area contributed by atoms with E-state index in [1.165, 1.54) is 16.7 Å². The van der Waals surface area contributed by atoms with Crippen molar-refractivity contribution in [3.63, 3.8) is 0 Å². The third-order valence-electron chi connectivity index (χ3n) is 5.58. The third-order valence-corrected chi connectivity index (χ3v) is 7.78. The molecular weight excluding hydrogens is 470 g/mol. The van der Waals surface area contributed by atoms with Crippen molar-refractivity contribution >= 4 is 27.5 Å². The molecule has 2 aromatic heterocycles. The zero-order chi connectivity index (χ0) is 25.0. The van der Waals surface area contributed by atoms with Crippen LogP contribution in [0.1, 0.15) is 44.1 Å². The molecule has 0 radical (unpaired) electrons. The maximum Gasteiger partial charge on any atom is 0.334 e. The van der Waals surface area contributed by atoms with Crippen molar-refractivity contribution in [3.05, 3.63) is 52.1 Å². The normalized spacial score (nSPS) is 17.4. The maximum atomic E-state index is 15.1. The molecule has 0 aliphatic carbocycles. The lowest BCUT2D eigenvalue weighted by atomic mass is 10.1. The van der Waals surface area contributed by atoms with Gasteiger partial charge in [-0.15, -0.1) is 0 Å². The van der Waals surface area contributed by atoms with Gasteiger partial charge in [-0.2, -0.15) is 10.6 Å². The summed E-state index contributed by atoms with van der Waals surface area (Å²) in [4.78, 5) is 30.0. The molecule has 12 heteroatoms. The van der Waals surface area contributed by atoms with Gasteiger partial charge in [-0.25, -0.2) is 18.6 Å². The van der Waals surface area contributed by atoms with E-state index in [0.29, 0.717) is 0 Å². The summed E-state index contributed by atoms with van der Waals surface area (Å²) in [6.07, 6.45) is 0.924. The molecule has 1 saturated heterocycles. The van der Waals surface area contributed by atoms with E-state index >= 15 is 4.39 Å². The number of halogens is 2. The van der Waals surface area contributed by atoms with Crippen LogP contribution < -0.4 is 15.7 Å². The number of imidazole rings is 1. The number of carbonyl (C=O) groups excluding carboxylic acids is 1. The van der Waals surface area contributed by atoms with Crippen LogP contribution in [0.2, 0.25) is 0 Å². The molecule has 3 heterocycles. The Kier molecular flexibility index (Phi) is 5.95. The van der Waals surface area contributed by atoms with Crippen molar-refractivity contribution in [1.82, 2.24) is 19.4 Å². The number of hydrogen-bond donors (Lipinski definition) is 3. The van der Waals surface area contributed by atoms with E-state index in [1.54, 1.807) is 27.7 Å². The predicted octanol–water partition coefficient (Wildman–Crippen LogP) is 3.70. The first kappa shape index (κ1) is 24.2. The molecule has 1 fully saturated rings. The molecule has 0 unspecified atom stereocenters. The molecule has 3 aromatic rings. The van der Waals surface area contributed by atoms with E-state index in [-0.39, 0.29) is 52.3 Å².